The summed E-state index contributed by atoms with van der Waals surface area (Å²) >= 11 is 0. The predicted octanol–water partition coefficient (Wildman–Crippen LogP) is 4.45. The van der Waals surface area contributed by atoms with Crippen LogP contribution in [0.3, 0.4) is 0 Å². The first kappa shape index (κ1) is 21.0. The number of alkyl halides is 3. The van der Waals surface area contributed by atoms with Crippen LogP contribution in [-0.2, 0) is 22.6 Å². The number of halogens is 3. The second-order valence-corrected chi connectivity index (χ2v) is 8.76. The number of hydrogen-bond acceptors (Lipinski definition) is 3. The largest absolute Gasteiger partial charge is 0.416 e. The molecule has 0 fully saturated rings. The van der Waals surface area contributed by atoms with Crippen LogP contribution < -0.4 is 14.9 Å². The second-order valence-electron chi connectivity index (χ2n) is 6.57. The van der Waals surface area contributed by atoms with E-state index in [0.717, 1.165) is 17.7 Å². The number of fused-ring (bicyclic) bond motifs is 1. The molecule has 156 valence electrons. The highest BCUT2D eigenvalue weighted by molar-refractivity contribution is 7.92. The molecule has 2 aromatic rings. The van der Waals surface area contributed by atoms with Gasteiger partial charge in [-0.25, -0.2) is 13.2 Å². The molecule has 1 heterocycles. The summed E-state index contributed by atoms with van der Waals surface area (Å²) < 4.78 is 63.6. The zero-order valence-electron chi connectivity index (χ0n) is 15.6. The van der Waals surface area contributed by atoms with Crippen LogP contribution in [-0.4, -0.2) is 26.7 Å². The number of carbonyl (C=O) groups is 1. The minimum absolute atomic E-state index is 0.00196. The van der Waals surface area contributed by atoms with E-state index in [-0.39, 0.29) is 11.4 Å². The molecule has 0 unspecified atom stereocenters. The van der Waals surface area contributed by atoms with E-state index in [1.807, 2.05) is 0 Å². The average molecular weight is 427 g/mol. The molecule has 0 atom stereocenters. The van der Waals surface area contributed by atoms with E-state index < -0.39 is 27.8 Å². The van der Waals surface area contributed by atoms with Gasteiger partial charge in [0.15, 0.2) is 0 Å². The molecular formula is C19H20F3N3O3S. The molecule has 2 amide bonds. The molecule has 6 nitrogen and oxygen atoms in total. The molecule has 1 aliphatic rings. The summed E-state index contributed by atoms with van der Waals surface area (Å²) in [5.74, 6) is 0.00196. The second kappa shape index (κ2) is 7.94. The number of carbonyl (C=O) groups excluding carboxylic acids is 1. The predicted molar refractivity (Wildman–Crippen MR) is 106 cm³/mol. The van der Waals surface area contributed by atoms with E-state index in [4.69, 9.17) is 0 Å². The zero-order valence-corrected chi connectivity index (χ0v) is 16.4. The molecule has 0 bridgehead atoms. The molecule has 3 rings (SSSR count). The average Bonchev–Trinajstić information content (AvgIpc) is 2.67. The van der Waals surface area contributed by atoms with Crippen LogP contribution in [0.5, 0.6) is 0 Å². The third-order valence-corrected chi connectivity index (χ3v) is 6.36. The SMILES string of the molecule is CCS(=O)(=O)N1CCCc2cc(NC(=O)Nc3ccc(C(F)(F)F)cc3)ccc21. The number of aryl methyl sites for hydroxylation is 1. The third-order valence-electron chi connectivity index (χ3n) is 4.58. The van der Waals surface area contributed by atoms with E-state index >= 15 is 0 Å². The van der Waals surface area contributed by atoms with Crippen molar-refractivity contribution in [3.8, 4) is 0 Å². The number of amides is 2. The minimum Gasteiger partial charge on any atom is -0.308 e. The van der Waals surface area contributed by atoms with Crippen molar-refractivity contribution >= 4 is 33.1 Å². The molecule has 2 N–H and O–H groups in total. The lowest BCUT2D eigenvalue weighted by Gasteiger charge is -2.30. The normalized spacial score (nSPS) is 14.3. The molecule has 10 heteroatoms. The van der Waals surface area contributed by atoms with Crippen LogP contribution in [0.15, 0.2) is 42.5 Å². The maximum Gasteiger partial charge on any atom is 0.416 e. The summed E-state index contributed by atoms with van der Waals surface area (Å²) in [4.78, 5) is 12.2. The van der Waals surface area contributed by atoms with E-state index in [0.29, 0.717) is 30.8 Å². The summed E-state index contributed by atoms with van der Waals surface area (Å²) in [6.45, 7) is 2.01. The highest BCUT2D eigenvalue weighted by Gasteiger charge is 2.30. The van der Waals surface area contributed by atoms with Crippen LogP contribution in [0.2, 0.25) is 0 Å². The van der Waals surface area contributed by atoms with Crippen molar-refractivity contribution in [1.29, 1.82) is 0 Å². The molecule has 0 spiro atoms. The molecule has 0 radical (unpaired) electrons. The molecule has 29 heavy (non-hydrogen) atoms. The summed E-state index contributed by atoms with van der Waals surface area (Å²) in [7, 11) is -3.37. The first-order chi connectivity index (χ1) is 13.6. The number of benzene rings is 2. The Morgan fingerprint density at radius 3 is 2.31 bits per heavy atom. The Labute approximate surface area is 166 Å². The van der Waals surface area contributed by atoms with Gasteiger partial charge in [0.2, 0.25) is 10.0 Å². The van der Waals surface area contributed by atoms with E-state index in [1.54, 1.807) is 25.1 Å². The van der Waals surface area contributed by atoms with E-state index in [9.17, 15) is 26.4 Å². The van der Waals surface area contributed by atoms with E-state index in [1.165, 1.54) is 16.4 Å². The quantitative estimate of drug-likeness (QED) is 0.757. The highest BCUT2D eigenvalue weighted by Crippen LogP contribution is 2.32. The van der Waals surface area contributed by atoms with Gasteiger partial charge in [-0.1, -0.05) is 0 Å². The number of sulfonamides is 1. The topological polar surface area (TPSA) is 78.5 Å². The van der Waals surface area contributed by atoms with Crippen molar-refractivity contribution in [2.75, 3.05) is 27.2 Å². The Bertz CT molecular complexity index is 1010. The van der Waals surface area contributed by atoms with Crippen molar-refractivity contribution in [2.45, 2.75) is 25.9 Å². The number of nitrogens with zero attached hydrogens (tertiary/aromatic N) is 1. The summed E-state index contributed by atoms with van der Waals surface area (Å²) in [5, 5.41) is 5.08. The first-order valence-electron chi connectivity index (χ1n) is 8.99. The van der Waals surface area contributed by atoms with Crippen LogP contribution in [0.25, 0.3) is 0 Å². The monoisotopic (exact) mass is 427 g/mol. The molecular weight excluding hydrogens is 407 g/mol. The van der Waals surface area contributed by atoms with Gasteiger partial charge >= 0.3 is 12.2 Å². The van der Waals surface area contributed by atoms with Gasteiger partial charge in [-0.3, -0.25) is 4.31 Å². The molecule has 0 aromatic heterocycles. The van der Waals surface area contributed by atoms with Gasteiger partial charge in [0.1, 0.15) is 0 Å². The number of rotatable bonds is 4. The van der Waals surface area contributed by atoms with Crippen LogP contribution in [0.4, 0.5) is 35.0 Å². The van der Waals surface area contributed by atoms with Gasteiger partial charge in [-0.05, 0) is 67.8 Å². The van der Waals surface area contributed by atoms with Crippen molar-refractivity contribution < 1.29 is 26.4 Å². The zero-order chi connectivity index (χ0) is 21.2. The van der Waals surface area contributed by atoms with Gasteiger partial charge in [-0.15, -0.1) is 0 Å². The van der Waals surface area contributed by atoms with Crippen molar-refractivity contribution in [3.05, 3.63) is 53.6 Å². The lowest BCUT2D eigenvalue weighted by molar-refractivity contribution is -0.137. The minimum atomic E-state index is -4.44. The standard InChI is InChI=1S/C19H20F3N3O3S/c1-2-29(27,28)25-11-3-4-13-12-16(9-10-17(13)25)24-18(26)23-15-7-5-14(6-8-15)19(20,21)22/h5-10,12H,2-4,11H2,1H3,(H2,23,24,26). The smallest absolute Gasteiger partial charge is 0.308 e. The van der Waals surface area contributed by atoms with Crippen molar-refractivity contribution in [1.82, 2.24) is 0 Å². The van der Waals surface area contributed by atoms with Gasteiger partial charge < -0.3 is 10.6 Å². The van der Waals surface area contributed by atoms with Gasteiger partial charge in [0.25, 0.3) is 0 Å². The molecule has 1 aliphatic heterocycles. The Hall–Kier alpha value is -2.75. The fraction of sp³-hybridized carbons (Fsp3) is 0.316. The lowest BCUT2D eigenvalue weighted by atomic mass is 10.0. The van der Waals surface area contributed by atoms with Crippen molar-refractivity contribution in [3.63, 3.8) is 0 Å². The molecule has 0 saturated heterocycles. The number of hydrogen-bond donors (Lipinski definition) is 2. The maximum atomic E-state index is 12.6. The number of anilines is 3. The molecule has 2 aromatic carbocycles. The van der Waals surface area contributed by atoms with Crippen LogP contribution in [0, 0.1) is 0 Å². The fourth-order valence-electron chi connectivity index (χ4n) is 3.12. The Kier molecular flexibility index (Phi) is 5.74. The lowest BCUT2D eigenvalue weighted by Crippen LogP contribution is -2.36. The van der Waals surface area contributed by atoms with Gasteiger partial charge in [0, 0.05) is 17.9 Å². The number of urea groups is 1. The Morgan fingerprint density at radius 1 is 1.07 bits per heavy atom. The molecule has 0 aliphatic carbocycles. The molecule has 0 saturated carbocycles. The first-order valence-corrected chi connectivity index (χ1v) is 10.6. The summed E-state index contributed by atoms with van der Waals surface area (Å²) in [5.41, 5.74) is 1.29. The fourth-order valence-corrected chi connectivity index (χ4v) is 4.32. The maximum absolute atomic E-state index is 12.6. The Balaban J connectivity index is 1.70. The third kappa shape index (κ3) is 4.81. The number of nitrogens with one attached hydrogen (secondary N) is 2. The van der Waals surface area contributed by atoms with Crippen LogP contribution >= 0.6 is 0 Å². The van der Waals surface area contributed by atoms with E-state index in [2.05, 4.69) is 10.6 Å². The van der Waals surface area contributed by atoms with Crippen molar-refractivity contribution in [2.24, 2.45) is 0 Å². The van der Waals surface area contributed by atoms with Crippen LogP contribution in [0.1, 0.15) is 24.5 Å². The summed E-state index contributed by atoms with van der Waals surface area (Å²) in [6.07, 6.45) is -3.09. The summed E-state index contributed by atoms with van der Waals surface area (Å²) in [6, 6.07) is 8.45. The highest BCUT2D eigenvalue weighted by atomic mass is 32.2. The van der Waals surface area contributed by atoms with Gasteiger partial charge in [-0.2, -0.15) is 13.2 Å². The van der Waals surface area contributed by atoms with Gasteiger partial charge in [0.05, 0.1) is 17.0 Å². The Morgan fingerprint density at radius 2 is 1.69 bits per heavy atom.